The van der Waals surface area contributed by atoms with E-state index in [0.717, 1.165) is 60.5 Å². The maximum absolute atomic E-state index is 14.6. The van der Waals surface area contributed by atoms with Crippen molar-refractivity contribution in [2.24, 2.45) is 29.2 Å². The van der Waals surface area contributed by atoms with E-state index < -0.39 is 165 Å². The maximum Gasteiger partial charge on any atom is 0.248 e. The van der Waals surface area contributed by atoms with Gasteiger partial charge in [-0.15, -0.1) is 0 Å². The Hall–Kier alpha value is -5.38. The predicted molar refractivity (Wildman–Crippen MR) is 277 cm³/mol. The molecule has 0 aromatic heterocycles. The summed E-state index contributed by atoms with van der Waals surface area (Å²) in [5.41, 5.74) is 11.1. The van der Waals surface area contributed by atoms with Crippen LogP contribution >= 0.6 is 0 Å². The molecule has 25 nitrogen and oxygen atoms in total. The van der Waals surface area contributed by atoms with E-state index in [0.29, 0.717) is 24.7 Å². The number of amides is 7. The van der Waals surface area contributed by atoms with Crippen LogP contribution in [-0.2, 0) is 38.4 Å². The van der Waals surface area contributed by atoms with Crippen molar-refractivity contribution in [1.29, 1.82) is 0 Å². The normalized spacial score (nSPS) is 28.2. The largest absolute Gasteiger partial charge is 0.508 e. The van der Waals surface area contributed by atoms with Crippen LogP contribution in [-0.4, -0.2) is 197 Å². The van der Waals surface area contributed by atoms with Gasteiger partial charge in [0.1, 0.15) is 42.2 Å². The molecule has 0 radical (unpaired) electrons. The number of aromatic hydroxyl groups is 1. The van der Waals surface area contributed by atoms with Gasteiger partial charge in [-0.1, -0.05) is 77.8 Å². The lowest BCUT2D eigenvalue weighted by Crippen LogP contribution is -2.63. The fourth-order valence-electron chi connectivity index (χ4n) is 10.3. The molecule has 3 aliphatic rings. The number of aliphatic hydroxyl groups excluding tert-OH is 7. The number of ketones is 1. The molecule has 1 aromatic rings. The van der Waals surface area contributed by atoms with E-state index in [1.807, 2.05) is 0 Å². The maximum atomic E-state index is 14.6. The molecule has 0 bridgehead atoms. The molecule has 15 atom stereocenters. The first-order valence-corrected chi connectivity index (χ1v) is 27.1. The summed E-state index contributed by atoms with van der Waals surface area (Å²) in [5.74, 6) is -9.67. The van der Waals surface area contributed by atoms with Gasteiger partial charge >= 0.3 is 0 Å². The van der Waals surface area contributed by atoms with Crippen molar-refractivity contribution in [3.63, 3.8) is 0 Å². The topological polar surface area (TPSA) is 417 Å². The number of carbonyl (C=O) groups is 8. The second kappa shape index (κ2) is 31.3. The Kier molecular flexibility index (Phi) is 26.1. The number of hydrogen-bond acceptors (Lipinski definition) is 18. The summed E-state index contributed by atoms with van der Waals surface area (Å²) < 4.78 is 0. The molecule has 4 rings (SSSR count). The highest BCUT2D eigenvalue weighted by Gasteiger charge is 2.49. The van der Waals surface area contributed by atoms with Crippen molar-refractivity contribution in [2.75, 3.05) is 32.8 Å². The predicted octanol–water partition coefficient (Wildman–Crippen LogP) is -3.08. The van der Waals surface area contributed by atoms with Gasteiger partial charge in [0.05, 0.1) is 55.5 Å². The molecule has 3 fully saturated rings. The minimum Gasteiger partial charge on any atom is -0.508 e. The Bertz CT molecular complexity index is 2120. The minimum atomic E-state index is -2.24. The van der Waals surface area contributed by atoms with Gasteiger partial charge in [-0.3, -0.25) is 43.7 Å². The zero-order chi connectivity index (χ0) is 57.1. The third-order valence-electron chi connectivity index (χ3n) is 14.9. The van der Waals surface area contributed by atoms with E-state index in [1.54, 1.807) is 0 Å². The number of rotatable bonds is 23. The Morgan fingerprint density at radius 1 is 0.818 bits per heavy atom. The molecule has 0 spiro atoms. The molecular formula is C52H85N9O16. The Morgan fingerprint density at radius 3 is 2.12 bits per heavy atom. The number of phenolic OH excluding ortho intramolecular Hbond substituents is 1. The first-order valence-electron chi connectivity index (χ1n) is 27.1. The fraction of sp³-hybridized carbons (Fsp3) is 0.731. The van der Waals surface area contributed by atoms with Crippen molar-refractivity contribution in [3.8, 4) is 5.75 Å². The van der Waals surface area contributed by atoms with E-state index >= 15 is 0 Å². The van der Waals surface area contributed by atoms with Crippen LogP contribution in [0.4, 0.5) is 0 Å². The van der Waals surface area contributed by atoms with Crippen LogP contribution in [0.3, 0.4) is 0 Å². The highest BCUT2D eigenvalue weighted by molar-refractivity contribution is 5.98. The smallest absolute Gasteiger partial charge is 0.248 e. The monoisotopic (exact) mass is 1090 g/mol. The van der Waals surface area contributed by atoms with E-state index in [2.05, 4.69) is 47.4 Å². The van der Waals surface area contributed by atoms with Gasteiger partial charge < -0.3 is 83.4 Å². The van der Waals surface area contributed by atoms with Crippen LogP contribution in [0.25, 0.3) is 0 Å². The zero-order valence-corrected chi connectivity index (χ0v) is 44.5. The Labute approximate surface area is 449 Å². The fourth-order valence-corrected chi connectivity index (χ4v) is 10.3. The lowest BCUT2D eigenvalue weighted by molar-refractivity contribution is -0.149. The number of carbonyl (C=O) groups excluding carboxylic acids is 8. The SMILES string of the molecule is CC[C@H](C)C[C@H](C)CCCCCCCCC(=O)N[C@H]1C[C@@H](O)[C@@H](NCCN)NC(=O)[C@@H]2[C@@H](O)CCN2C(=O)[C@H]([C@H](O)CC(N)=O)NC(=O)[C@H]([C@H](O)[C@@H](O)c2ccc(O)cc2)CC(=O)[C@@H]2C[C@@H](O)CN2C(=O)[C@H](CO)NC1=O. The first kappa shape index (κ1) is 64.1. The van der Waals surface area contributed by atoms with Crippen LogP contribution in [0.2, 0.25) is 0 Å². The van der Waals surface area contributed by atoms with Gasteiger partial charge in [-0.05, 0) is 48.8 Å². The van der Waals surface area contributed by atoms with Crippen LogP contribution in [0.5, 0.6) is 5.75 Å². The van der Waals surface area contributed by atoms with E-state index in [1.165, 1.54) is 18.6 Å². The van der Waals surface area contributed by atoms with Crippen molar-refractivity contribution < 1.29 is 79.2 Å². The molecule has 7 amide bonds. The number of nitrogens with one attached hydrogen (secondary N) is 5. The quantitative estimate of drug-likeness (QED) is 0.0483. The van der Waals surface area contributed by atoms with Crippen LogP contribution in [0.15, 0.2) is 24.3 Å². The van der Waals surface area contributed by atoms with Gasteiger partial charge in [0.2, 0.25) is 41.4 Å². The highest BCUT2D eigenvalue weighted by atomic mass is 16.3. The minimum absolute atomic E-state index is 0.0349. The van der Waals surface area contributed by atoms with Crippen molar-refractivity contribution >= 4 is 47.1 Å². The van der Waals surface area contributed by atoms with Crippen molar-refractivity contribution in [2.45, 2.75) is 190 Å². The average molecular weight is 1090 g/mol. The summed E-state index contributed by atoms with van der Waals surface area (Å²) >= 11 is 0. The van der Waals surface area contributed by atoms with E-state index in [-0.39, 0.29) is 43.8 Å². The number of fused-ring (bicyclic) bond motifs is 2. The summed E-state index contributed by atoms with van der Waals surface area (Å²) in [6, 6.07) is -4.37. The highest BCUT2D eigenvalue weighted by Crippen LogP contribution is 2.30. The summed E-state index contributed by atoms with van der Waals surface area (Å²) in [4.78, 5) is 114. The molecule has 1 aromatic carbocycles. The number of hydrogen-bond donors (Lipinski definition) is 15. The third-order valence-corrected chi connectivity index (χ3v) is 14.9. The summed E-state index contributed by atoms with van der Waals surface area (Å²) in [6.07, 6.45) is -7.43. The second-order valence-corrected chi connectivity index (χ2v) is 21.2. The summed E-state index contributed by atoms with van der Waals surface area (Å²) in [5, 5.41) is 101. The van der Waals surface area contributed by atoms with E-state index in [4.69, 9.17) is 11.5 Å². The van der Waals surface area contributed by atoms with Crippen molar-refractivity contribution in [3.05, 3.63) is 29.8 Å². The summed E-state index contributed by atoms with van der Waals surface area (Å²) in [7, 11) is 0. The van der Waals surface area contributed by atoms with Gasteiger partial charge in [0, 0.05) is 51.9 Å². The van der Waals surface area contributed by atoms with Gasteiger partial charge in [0.15, 0.2) is 5.78 Å². The molecule has 3 aliphatic heterocycles. The molecule has 17 N–H and O–H groups in total. The number of benzene rings is 1. The number of nitrogens with two attached hydrogens (primary N) is 2. The molecule has 3 heterocycles. The Morgan fingerprint density at radius 2 is 1.48 bits per heavy atom. The second-order valence-electron chi connectivity index (χ2n) is 21.2. The van der Waals surface area contributed by atoms with Crippen LogP contribution < -0.4 is 38.1 Å². The number of aliphatic hydroxyl groups is 7. The van der Waals surface area contributed by atoms with Crippen LogP contribution in [0.1, 0.15) is 129 Å². The number of nitrogens with zero attached hydrogens (tertiary/aromatic N) is 2. The molecule has 3 saturated heterocycles. The third kappa shape index (κ3) is 18.9. The number of phenols is 1. The lowest BCUT2D eigenvalue weighted by atomic mass is 9.86. The van der Waals surface area contributed by atoms with Crippen molar-refractivity contribution in [1.82, 2.24) is 36.4 Å². The molecule has 0 unspecified atom stereocenters. The first-order chi connectivity index (χ1) is 36.5. The van der Waals surface area contributed by atoms with Crippen LogP contribution in [0, 0.1) is 17.8 Å². The van der Waals surface area contributed by atoms with Gasteiger partial charge in [-0.25, -0.2) is 0 Å². The van der Waals surface area contributed by atoms with Gasteiger partial charge in [0.25, 0.3) is 0 Å². The molecule has 0 saturated carbocycles. The molecule has 25 heteroatoms. The summed E-state index contributed by atoms with van der Waals surface area (Å²) in [6.45, 7) is 4.61. The number of unbranched alkanes of at least 4 members (excludes halogenated alkanes) is 5. The lowest BCUT2D eigenvalue weighted by Gasteiger charge is -2.34. The molecule has 0 aliphatic carbocycles. The zero-order valence-electron chi connectivity index (χ0n) is 44.5. The molecule has 434 valence electrons. The number of Topliss-reactive ketones (excluding diaryl/α,β-unsaturated/α-hetero) is 1. The van der Waals surface area contributed by atoms with E-state index in [9.17, 15) is 79.2 Å². The standard InChI is InChI=1S/C52H85N9O16/c1-4-28(2)21-29(3)11-9-7-5-6-8-10-12-42(70)56-34-24-40(68)47(55-19-18-53)59-50(75)44-37(65)17-20-60(44)52(77)43(39(67)25-41(54)69)58-48(73)33(46(72)45(71)30-13-15-31(63)16-14-30)23-38(66)36-22-32(64)26-61(36)51(76)35(27-62)57-49(34)74/h13-16,28-29,32-37,39-40,43-47,55,62-65,67-68,71-72H,4-12,17-27,53H2,1-3H3,(H2,54,69)(H,56,70)(H,57,74)(H,58,73)(H,59,75)/t28-,29+,32+,33-,34-,35-,36-,37-,39+,40+,43-,44-,45-,46-,47-/m0/s1. The Balaban J connectivity index is 1.72. The van der Waals surface area contributed by atoms with Gasteiger partial charge in [-0.2, -0.15) is 0 Å². The molecular weight excluding hydrogens is 1010 g/mol. The molecule has 77 heavy (non-hydrogen) atoms. The average Bonchev–Trinajstić information content (AvgIpc) is 3.98. The number of primary amides is 1.